The Bertz CT molecular complexity index is 454. The lowest BCUT2D eigenvalue weighted by atomic mass is 10.1. The molecule has 1 aliphatic carbocycles. The van der Waals surface area contributed by atoms with Crippen molar-refractivity contribution in [2.75, 3.05) is 5.32 Å². The minimum atomic E-state index is -0.337. The minimum absolute atomic E-state index is 0.0974. The average molecular weight is 216 g/mol. The molecular formula is C12H12N2O2. The lowest BCUT2D eigenvalue weighted by molar-refractivity contribution is -0.114. The van der Waals surface area contributed by atoms with E-state index in [9.17, 15) is 9.59 Å². The number of carbonyl (C=O) groups is 1. The third-order valence-electron chi connectivity index (χ3n) is 2.73. The third-order valence-corrected chi connectivity index (χ3v) is 2.73. The fraction of sp³-hybridized carbons (Fsp3) is 0.333. The quantitative estimate of drug-likeness (QED) is 0.620. The monoisotopic (exact) mass is 216 g/mol. The number of nitrogens with one attached hydrogen (secondary N) is 1. The maximum Gasteiger partial charge on any atom is 0.235 e. The van der Waals surface area contributed by atoms with Crippen LogP contribution in [0.2, 0.25) is 0 Å². The summed E-state index contributed by atoms with van der Waals surface area (Å²) in [6.07, 6.45) is 3.40. The second-order valence-corrected chi connectivity index (χ2v) is 3.99. The highest BCUT2D eigenvalue weighted by Gasteiger charge is 2.44. The van der Waals surface area contributed by atoms with E-state index in [4.69, 9.17) is 0 Å². The molecule has 1 aromatic rings. The molecule has 1 aliphatic rings. The Labute approximate surface area is 93.4 Å². The highest BCUT2D eigenvalue weighted by molar-refractivity contribution is 5.88. The van der Waals surface area contributed by atoms with Gasteiger partial charge in [-0.3, -0.25) is 4.79 Å². The van der Waals surface area contributed by atoms with Crippen molar-refractivity contribution >= 4 is 17.7 Å². The van der Waals surface area contributed by atoms with E-state index in [0.717, 1.165) is 24.1 Å². The number of rotatable bonds is 3. The summed E-state index contributed by atoms with van der Waals surface area (Å²) in [6.45, 7) is 1.47. The summed E-state index contributed by atoms with van der Waals surface area (Å²) in [5, 5.41) is 2.69. The van der Waals surface area contributed by atoms with Crippen LogP contribution in [0.25, 0.3) is 0 Å². The van der Waals surface area contributed by atoms with Crippen molar-refractivity contribution in [2.24, 2.45) is 4.99 Å². The number of amides is 1. The summed E-state index contributed by atoms with van der Waals surface area (Å²) in [7, 11) is 0. The van der Waals surface area contributed by atoms with Gasteiger partial charge in [0.25, 0.3) is 0 Å². The standard InChI is InChI=1S/C12H12N2O2/c1-9(16)14-11-4-2-10(3-5-11)12(6-7-12)13-8-15/h2-5H,6-7H2,1H3,(H,14,16). The Balaban J connectivity index is 2.19. The lowest BCUT2D eigenvalue weighted by Gasteiger charge is -2.09. The number of carbonyl (C=O) groups excluding carboxylic acids is 2. The molecule has 1 amide bonds. The molecule has 0 radical (unpaired) electrons. The SMILES string of the molecule is CC(=O)Nc1ccc(C2(N=C=O)CC2)cc1. The van der Waals surface area contributed by atoms with Crippen LogP contribution in [0.15, 0.2) is 29.3 Å². The summed E-state index contributed by atoms with van der Waals surface area (Å²) < 4.78 is 0. The highest BCUT2D eigenvalue weighted by Crippen LogP contribution is 2.49. The molecule has 0 saturated heterocycles. The van der Waals surface area contributed by atoms with Crippen LogP contribution in [0.1, 0.15) is 25.3 Å². The van der Waals surface area contributed by atoms with Crippen LogP contribution < -0.4 is 5.32 Å². The Morgan fingerprint density at radius 3 is 2.44 bits per heavy atom. The first-order valence-corrected chi connectivity index (χ1v) is 5.13. The number of anilines is 1. The molecule has 1 fully saturated rings. The van der Waals surface area contributed by atoms with Gasteiger partial charge in [0.2, 0.25) is 12.0 Å². The van der Waals surface area contributed by atoms with E-state index in [1.165, 1.54) is 6.92 Å². The highest BCUT2D eigenvalue weighted by atomic mass is 16.1. The molecule has 4 nitrogen and oxygen atoms in total. The van der Waals surface area contributed by atoms with E-state index < -0.39 is 0 Å². The van der Waals surface area contributed by atoms with Crippen LogP contribution in [0.5, 0.6) is 0 Å². The Morgan fingerprint density at radius 2 is 2.00 bits per heavy atom. The van der Waals surface area contributed by atoms with Crippen LogP contribution in [-0.2, 0) is 15.1 Å². The zero-order valence-corrected chi connectivity index (χ0v) is 8.99. The molecule has 0 heterocycles. The molecule has 0 aromatic heterocycles. The molecular weight excluding hydrogens is 204 g/mol. The van der Waals surface area contributed by atoms with Gasteiger partial charge < -0.3 is 5.32 Å². The molecule has 0 bridgehead atoms. The maximum absolute atomic E-state index is 10.8. The van der Waals surface area contributed by atoms with Gasteiger partial charge in [-0.1, -0.05) is 12.1 Å². The van der Waals surface area contributed by atoms with Crippen molar-refractivity contribution < 1.29 is 9.59 Å². The van der Waals surface area contributed by atoms with Gasteiger partial charge in [0.15, 0.2) is 0 Å². The zero-order valence-electron chi connectivity index (χ0n) is 8.99. The van der Waals surface area contributed by atoms with Gasteiger partial charge >= 0.3 is 0 Å². The van der Waals surface area contributed by atoms with Gasteiger partial charge in [-0.2, -0.15) is 4.99 Å². The number of hydrogen-bond donors (Lipinski definition) is 1. The molecule has 82 valence electrons. The largest absolute Gasteiger partial charge is 0.326 e. The molecule has 0 unspecified atom stereocenters. The van der Waals surface area contributed by atoms with Crippen molar-refractivity contribution in [3.8, 4) is 0 Å². The van der Waals surface area contributed by atoms with E-state index >= 15 is 0 Å². The van der Waals surface area contributed by atoms with Crippen molar-refractivity contribution in [3.63, 3.8) is 0 Å². The minimum Gasteiger partial charge on any atom is -0.326 e. The van der Waals surface area contributed by atoms with Crippen molar-refractivity contribution in [1.82, 2.24) is 0 Å². The number of hydrogen-bond acceptors (Lipinski definition) is 3. The van der Waals surface area contributed by atoms with Crippen molar-refractivity contribution in [1.29, 1.82) is 0 Å². The van der Waals surface area contributed by atoms with Crippen LogP contribution in [0, 0.1) is 0 Å². The van der Waals surface area contributed by atoms with Gasteiger partial charge in [-0.05, 0) is 30.5 Å². The second-order valence-electron chi connectivity index (χ2n) is 3.99. The van der Waals surface area contributed by atoms with Crippen LogP contribution in [0.4, 0.5) is 5.69 Å². The predicted molar refractivity (Wildman–Crippen MR) is 59.8 cm³/mol. The fourth-order valence-corrected chi connectivity index (χ4v) is 1.74. The second kappa shape index (κ2) is 3.91. The number of nitrogens with zero attached hydrogens (tertiary/aromatic N) is 1. The molecule has 2 rings (SSSR count). The summed E-state index contributed by atoms with van der Waals surface area (Å²) in [4.78, 5) is 25.0. The lowest BCUT2D eigenvalue weighted by Crippen LogP contribution is -2.07. The maximum atomic E-state index is 10.8. The molecule has 0 spiro atoms. The number of aliphatic imine (C=N–C) groups is 1. The molecule has 0 atom stereocenters. The average Bonchev–Trinajstić information content (AvgIpc) is 2.99. The van der Waals surface area contributed by atoms with Gasteiger partial charge in [-0.25, -0.2) is 4.79 Å². The Hall–Kier alpha value is -1.93. The van der Waals surface area contributed by atoms with Crippen molar-refractivity contribution in [2.45, 2.75) is 25.3 Å². The summed E-state index contributed by atoms with van der Waals surface area (Å²) in [5.74, 6) is -0.0974. The number of benzene rings is 1. The molecule has 0 aliphatic heterocycles. The molecule has 1 aromatic carbocycles. The Morgan fingerprint density at radius 1 is 1.38 bits per heavy atom. The summed E-state index contributed by atoms with van der Waals surface area (Å²) in [6, 6.07) is 7.41. The van der Waals surface area contributed by atoms with Gasteiger partial charge in [0.05, 0.1) is 5.54 Å². The van der Waals surface area contributed by atoms with E-state index in [1.807, 2.05) is 24.3 Å². The van der Waals surface area contributed by atoms with Crippen LogP contribution in [0.3, 0.4) is 0 Å². The zero-order chi connectivity index (χ0) is 11.6. The molecule has 16 heavy (non-hydrogen) atoms. The van der Waals surface area contributed by atoms with E-state index in [1.54, 1.807) is 6.08 Å². The Kier molecular flexibility index (Phi) is 2.59. The molecule has 4 heteroatoms. The first kappa shape index (κ1) is 10.6. The van der Waals surface area contributed by atoms with Crippen molar-refractivity contribution in [3.05, 3.63) is 29.8 Å². The van der Waals surface area contributed by atoms with E-state index in [-0.39, 0.29) is 11.4 Å². The smallest absolute Gasteiger partial charge is 0.235 e. The van der Waals surface area contributed by atoms with Crippen LogP contribution in [-0.4, -0.2) is 12.0 Å². The van der Waals surface area contributed by atoms with E-state index in [2.05, 4.69) is 10.3 Å². The van der Waals surface area contributed by atoms with Gasteiger partial charge in [-0.15, -0.1) is 0 Å². The number of isocyanates is 1. The van der Waals surface area contributed by atoms with Gasteiger partial charge in [0.1, 0.15) is 0 Å². The fourth-order valence-electron chi connectivity index (χ4n) is 1.74. The summed E-state index contributed by atoms with van der Waals surface area (Å²) >= 11 is 0. The van der Waals surface area contributed by atoms with E-state index in [0.29, 0.717) is 0 Å². The first-order valence-electron chi connectivity index (χ1n) is 5.13. The first-order chi connectivity index (χ1) is 7.66. The molecule has 1 saturated carbocycles. The predicted octanol–water partition coefficient (Wildman–Crippen LogP) is 1.97. The van der Waals surface area contributed by atoms with Gasteiger partial charge in [0, 0.05) is 12.6 Å². The third kappa shape index (κ3) is 2.02. The topological polar surface area (TPSA) is 58.5 Å². The van der Waals surface area contributed by atoms with Crippen LogP contribution >= 0.6 is 0 Å². The normalized spacial score (nSPS) is 16.1. The summed E-state index contributed by atoms with van der Waals surface area (Å²) in [5.41, 5.74) is 1.42. The molecule has 1 N–H and O–H groups in total.